The molecule has 1 atom stereocenters. The van der Waals surface area contributed by atoms with Gasteiger partial charge in [0.05, 0.1) is 31.1 Å². The summed E-state index contributed by atoms with van der Waals surface area (Å²) in [5, 5.41) is -1.03. The van der Waals surface area contributed by atoms with Gasteiger partial charge in [0.25, 0.3) is 0 Å². The highest BCUT2D eigenvalue weighted by molar-refractivity contribution is 7.93. The molecule has 1 aliphatic carbocycles. The van der Waals surface area contributed by atoms with Crippen molar-refractivity contribution < 1.29 is 27.4 Å². The molecule has 0 aromatic heterocycles. The first-order valence-electron chi connectivity index (χ1n) is 9.68. The zero-order valence-electron chi connectivity index (χ0n) is 16.3. The van der Waals surface area contributed by atoms with Gasteiger partial charge in [0.2, 0.25) is 10.0 Å². The highest BCUT2D eigenvalue weighted by atomic mass is 32.2. The Kier molecular flexibility index (Phi) is 6.42. The minimum atomic E-state index is -3.87. The molecule has 28 heavy (non-hydrogen) atoms. The molecule has 8 heteroatoms. The van der Waals surface area contributed by atoms with Crippen LogP contribution in [0.15, 0.2) is 35.9 Å². The molecular formula is C20H27NO6S. The lowest BCUT2D eigenvalue weighted by Gasteiger charge is -2.33. The zero-order chi connectivity index (χ0) is 20.2. The number of carbonyl (C=O) groups excluding carboxylic acids is 1. The molecule has 154 valence electrons. The van der Waals surface area contributed by atoms with E-state index in [1.807, 2.05) is 19.1 Å². The summed E-state index contributed by atoms with van der Waals surface area (Å²) in [6.07, 6.45) is 3.71. The predicted molar refractivity (Wildman–Crippen MR) is 105 cm³/mol. The Hall–Kier alpha value is -1.90. The van der Waals surface area contributed by atoms with Gasteiger partial charge in [-0.25, -0.2) is 13.2 Å². The maximum atomic E-state index is 13.2. The molecule has 0 amide bonds. The fraction of sp³-hybridized carbons (Fsp3) is 0.550. The summed E-state index contributed by atoms with van der Waals surface area (Å²) in [6.45, 7) is 4.70. The molecule has 2 aliphatic rings. The summed E-state index contributed by atoms with van der Waals surface area (Å²) in [5.41, 5.74) is 1.53. The number of benzene rings is 1. The van der Waals surface area contributed by atoms with Crippen LogP contribution in [-0.2, 0) is 35.4 Å². The lowest BCUT2D eigenvalue weighted by atomic mass is 9.94. The molecule has 1 saturated heterocycles. The average Bonchev–Trinajstić information content (AvgIpc) is 3.11. The first kappa shape index (κ1) is 20.8. The number of nitrogens with one attached hydrogen (secondary N) is 1. The third-order valence-corrected chi connectivity index (χ3v) is 6.67. The number of para-hydroxylation sites is 1. The zero-order valence-corrected chi connectivity index (χ0v) is 17.1. The Balaban J connectivity index is 1.92. The van der Waals surface area contributed by atoms with E-state index in [0.29, 0.717) is 25.3 Å². The second-order valence-electron chi connectivity index (χ2n) is 6.91. The molecule has 0 bridgehead atoms. The van der Waals surface area contributed by atoms with Gasteiger partial charge in [0.1, 0.15) is 5.25 Å². The minimum absolute atomic E-state index is 0.0653. The molecule has 1 aromatic carbocycles. The molecule has 1 N–H and O–H groups in total. The normalized spacial score (nSPS) is 21.4. The highest BCUT2D eigenvalue weighted by Gasteiger charge is 2.46. The van der Waals surface area contributed by atoms with Crippen molar-refractivity contribution in [2.24, 2.45) is 0 Å². The number of carbonyl (C=O) groups is 1. The minimum Gasteiger partial charge on any atom is -0.463 e. The van der Waals surface area contributed by atoms with Crippen LogP contribution in [0.4, 0.5) is 5.69 Å². The van der Waals surface area contributed by atoms with Gasteiger partial charge < -0.3 is 14.2 Å². The molecule has 1 aliphatic heterocycles. The number of aryl methyl sites for hydroxylation is 1. The number of esters is 1. The van der Waals surface area contributed by atoms with E-state index in [4.69, 9.17) is 14.2 Å². The van der Waals surface area contributed by atoms with Crippen LogP contribution in [0, 0.1) is 0 Å². The van der Waals surface area contributed by atoms with Gasteiger partial charge in [-0.05, 0) is 37.5 Å². The topological polar surface area (TPSA) is 90.9 Å². The van der Waals surface area contributed by atoms with Crippen molar-refractivity contribution in [1.29, 1.82) is 0 Å². The van der Waals surface area contributed by atoms with Crippen LogP contribution >= 0.6 is 0 Å². The van der Waals surface area contributed by atoms with Crippen molar-refractivity contribution in [3.05, 3.63) is 41.5 Å². The number of anilines is 1. The number of sulfonamides is 1. The van der Waals surface area contributed by atoms with E-state index in [-0.39, 0.29) is 18.6 Å². The van der Waals surface area contributed by atoms with Gasteiger partial charge in [-0.3, -0.25) is 4.72 Å². The van der Waals surface area contributed by atoms with Gasteiger partial charge in [0.15, 0.2) is 5.79 Å². The summed E-state index contributed by atoms with van der Waals surface area (Å²) in [6, 6.07) is 7.31. The fourth-order valence-corrected chi connectivity index (χ4v) is 5.22. The Morgan fingerprint density at radius 2 is 1.96 bits per heavy atom. The number of hydrogen-bond acceptors (Lipinski definition) is 6. The second kappa shape index (κ2) is 8.63. The van der Waals surface area contributed by atoms with E-state index in [9.17, 15) is 13.2 Å². The number of rotatable bonds is 7. The monoisotopic (exact) mass is 409 g/mol. The van der Waals surface area contributed by atoms with E-state index < -0.39 is 27.0 Å². The smallest absolute Gasteiger partial charge is 0.335 e. The predicted octanol–water partition coefficient (Wildman–Crippen LogP) is 2.78. The van der Waals surface area contributed by atoms with Gasteiger partial charge >= 0.3 is 5.97 Å². The van der Waals surface area contributed by atoms with E-state index in [2.05, 4.69) is 4.72 Å². The van der Waals surface area contributed by atoms with Gasteiger partial charge in [-0.1, -0.05) is 31.5 Å². The summed E-state index contributed by atoms with van der Waals surface area (Å²) in [4.78, 5) is 12.5. The van der Waals surface area contributed by atoms with Crippen molar-refractivity contribution in [1.82, 2.24) is 0 Å². The number of ether oxygens (including phenoxy) is 3. The summed E-state index contributed by atoms with van der Waals surface area (Å²) >= 11 is 0. The average molecular weight is 410 g/mol. The van der Waals surface area contributed by atoms with Crippen molar-refractivity contribution in [2.75, 3.05) is 24.5 Å². The summed E-state index contributed by atoms with van der Waals surface area (Å²) in [7, 11) is -3.87. The van der Waals surface area contributed by atoms with Gasteiger partial charge in [-0.2, -0.15) is 0 Å². The molecular weight excluding hydrogens is 382 g/mol. The van der Waals surface area contributed by atoms with Crippen LogP contribution < -0.4 is 4.72 Å². The SMILES string of the molecule is CCCc1ccccc1NS(=O)(=O)C1CCC2(C=C1C(=O)OCC)OCCO2. The first-order chi connectivity index (χ1) is 13.4. The summed E-state index contributed by atoms with van der Waals surface area (Å²) in [5.74, 6) is -1.69. The van der Waals surface area contributed by atoms with E-state index in [0.717, 1.165) is 18.4 Å². The second-order valence-corrected chi connectivity index (χ2v) is 8.77. The van der Waals surface area contributed by atoms with Gasteiger partial charge in [-0.15, -0.1) is 0 Å². The Morgan fingerprint density at radius 3 is 2.64 bits per heavy atom. The molecule has 1 spiro atoms. The van der Waals surface area contributed by atoms with Gasteiger partial charge in [0, 0.05) is 6.42 Å². The van der Waals surface area contributed by atoms with E-state index in [1.54, 1.807) is 19.1 Å². The van der Waals surface area contributed by atoms with Crippen LogP contribution in [0.5, 0.6) is 0 Å². The van der Waals surface area contributed by atoms with E-state index >= 15 is 0 Å². The lowest BCUT2D eigenvalue weighted by Crippen LogP contribution is -2.42. The molecule has 1 fully saturated rings. The molecule has 0 radical (unpaired) electrons. The van der Waals surface area contributed by atoms with Crippen LogP contribution in [0.3, 0.4) is 0 Å². The van der Waals surface area contributed by atoms with Crippen LogP contribution in [0.25, 0.3) is 0 Å². The van der Waals surface area contributed by atoms with Crippen LogP contribution in [0.1, 0.15) is 38.7 Å². The summed E-state index contributed by atoms with van der Waals surface area (Å²) < 4.78 is 45.5. The first-order valence-corrected chi connectivity index (χ1v) is 11.2. The van der Waals surface area contributed by atoms with Crippen molar-refractivity contribution >= 4 is 21.7 Å². The maximum Gasteiger partial charge on any atom is 0.335 e. The molecule has 3 rings (SSSR count). The number of hydrogen-bond donors (Lipinski definition) is 1. The Morgan fingerprint density at radius 1 is 1.25 bits per heavy atom. The molecule has 1 heterocycles. The largest absolute Gasteiger partial charge is 0.463 e. The molecule has 1 unspecified atom stereocenters. The fourth-order valence-electron chi connectivity index (χ4n) is 3.65. The highest BCUT2D eigenvalue weighted by Crippen LogP contribution is 2.37. The van der Waals surface area contributed by atoms with Crippen molar-refractivity contribution in [3.63, 3.8) is 0 Å². The van der Waals surface area contributed by atoms with Crippen molar-refractivity contribution in [3.8, 4) is 0 Å². The third kappa shape index (κ3) is 4.39. The van der Waals surface area contributed by atoms with E-state index in [1.165, 1.54) is 6.08 Å². The third-order valence-electron chi connectivity index (χ3n) is 4.93. The lowest BCUT2D eigenvalue weighted by molar-refractivity contribution is -0.143. The quantitative estimate of drug-likeness (QED) is 0.697. The maximum absolute atomic E-state index is 13.2. The van der Waals surface area contributed by atoms with Crippen molar-refractivity contribution in [2.45, 2.75) is 50.6 Å². The Labute approximate surface area is 166 Å². The Bertz CT molecular complexity index is 842. The van der Waals surface area contributed by atoms with Crippen LogP contribution in [0.2, 0.25) is 0 Å². The molecule has 1 aromatic rings. The molecule has 0 saturated carbocycles. The molecule has 7 nitrogen and oxygen atoms in total. The standard InChI is InChI=1S/C20H27NO6S/c1-3-7-15-8-5-6-9-17(15)21-28(23,24)18-10-11-20(26-12-13-27-20)14-16(18)19(22)25-4-2/h5-6,8-9,14,18,21H,3-4,7,10-13H2,1-2H3. The van der Waals surface area contributed by atoms with Crippen LogP contribution in [-0.4, -0.2) is 45.2 Å².